The fraction of sp³-hybridized carbons (Fsp3) is 0.556. The minimum absolute atomic E-state index is 0.0231. The first-order chi connectivity index (χ1) is 22.4. The number of fused-ring (bicyclic) bond motifs is 3. The third-order valence-electron chi connectivity index (χ3n) is 8.97. The van der Waals surface area contributed by atoms with E-state index in [0.717, 1.165) is 22.3 Å². The summed E-state index contributed by atoms with van der Waals surface area (Å²) in [6.07, 6.45) is -1.54. The third kappa shape index (κ3) is 8.85. The van der Waals surface area contributed by atoms with Gasteiger partial charge in [0.25, 0.3) is 0 Å². The molecular formula is C36H48N2O9. The quantitative estimate of drug-likeness (QED) is 0.128. The molecule has 3 aliphatic rings. The standard InChI is InChI=1S/C36H48N2O9/c1-6-15-43-32(41)17-22(38-34(42)44-20-28-25-13-9-7-11-23(25)24-12-8-10-14-26(24)28)16-31(40)37-19-29(39)33-27(18-35(2,3)47-33)30-21-45-36(4,5)46-30/h6-14,22,27-30,33-34,38-39,42H,1,15-21H2,2-5H3,(H,37,40)/t22?,27-,29+,30-,33+,34?/m1/s1. The molecule has 0 saturated carbocycles. The lowest BCUT2D eigenvalue weighted by atomic mass is 9.87. The van der Waals surface area contributed by atoms with Gasteiger partial charge in [0.1, 0.15) is 6.61 Å². The topological polar surface area (TPSA) is 145 Å². The van der Waals surface area contributed by atoms with Gasteiger partial charge in [0.15, 0.2) is 5.79 Å². The fourth-order valence-electron chi connectivity index (χ4n) is 6.93. The molecule has 2 heterocycles. The van der Waals surface area contributed by atoms with Gasteiger partial charge in [-0.25, -0.2) is 0 Å². The van der Waals surface area contributed by atoms with Gasteiger partial charge < -0.3 is 39.2 Å². The molecule has 6 atom stereocenters. The lowest BCUT2D eigenvalue weighted by Gasteiger charge is -2.28. The monoisotopic (exact) mass is 652 g/mol. The van der Waals surface area contributed by atoms with Gasteiger partial charge in [0.05, 0.1) is 43.5 Å². The second-order valence-electron chi connectivity index (χ2n) is 13.6. The number of aliphatic hydroxyl groups is 2. The first-order valence-electron chi connectivity index (χ1n) is 16.3. The van der Waals surface area contributed by atoms with E-state index < -0.39 is 47.9 Å². The molecule has 11 nitrogen and oxygen atoms in total. The molecule has 2 aromatic carbocycles. The van der Waals surface area contributed by atoms with E-state index in [0.29, 0.717) is 13.0 Å². The predicted octanol–water partition coefficient (Wildman–Crippen LogP) is 3.37. The van der Waals surface area contributed by atoms with Crippen molar-refractivity contribution >= 4 is 11.9 Å². The maximum absolute atomic E-state index is 13.1. The van der Waals surface area contributed by atoms with Crippen LogP contribution >= 0.6 is 0 Å². The molecule has 47 heavy (non-hydrogen) atoms. The lowest BCUT2D eigenvalue weighted by Crippen LogP contribution is -2.47. The average Bonchev–Trinajstić information content (AvgIpc) is 3.67. The van der Waals surface area contributed by atoms with Crippen molar-refractivity contribution in [2.75, 3.05) is 26.4 Å². The van der Waals surface area contributed by atoms with E-state index in [2.05, 4.69) is 41.5 Å². The average molecular weight is 653 g/mol. The lowest BCUT2D eigenvalue weighted by molar-refractivity contribution is -0.151. The molecule has 2 fully saturated rings. The van der Waals surface area contributed by atoms with Crippen LogP contribution in [0.2, 0.25) is 0 Å². The second-order valence-corrected chi connectivity index (χ2v) is 13.6. The van der Waals surface area contributed by atoms with Crippen molar-refractivity contribution < 1.29 is 43.5 Å². The van der Waals surface area contributed by atoms with Crippen LogP contribution in [0.15, 0.2) is 61.2 Å². The maximum atomic E-state index is 13.1. The van der Waals surface area contributed by atoms with E-state index in [1.807, 2.05) is 52.0 Å². The van der Waals surface area contributed by atoms with E-state index in [-0.39, 0.29) is 50.5 Å². The van der Waals surface area contributed by atoms with Crippen LogP contribution in [-0.4, -0.2) is 90.6 Å². The van der Waals surface area contributed by atoms with Gasteiger partial charge in [-0.15, -0.1) is 0 Å². The largest absolute Gasteiger partial charge is 0.461 e. The zero-order valence-corrected chi connectivity index (χ0v) is 27.6. The SMILES string of the molecule is C=CCOC(=O)CC(CC(=O)NC[C@H](O)[C@H]1OC(C)(C)C[C@@H]1[C@H]1COC(C)(C)O1)NC(O)OCC1c2ccccc2-c2ccccc21. The summed E-state index contributed by atoms with van der Waals surface area (Å²) in [6.45, 7) is 11.7. The highest BCUT2D eigenvalue weighted by atomic mass is 16.7. The Hall–Kier alpha value is -3.16. The van der Waals surface area contributed by atoms with E-state index in [9.17, 15) is 19.8 Å². The van der Waals surface area contributed by atoms with Gasteiger partial charge in [-0.3, -0.25) is 14.9 Å². The number of amides is 1. The number of benzene rings is 2. The Balaban J connectivity index is 1.17. The number of carbonyl (C=O) groups is 2. The molecule has 0 aromatic heterocycles. The van der Waals surface area contributed by atoms with E-state index in [1.54, 1.807) is 0 Å². The zero-order valence-electron chi connectivity index (χ0n) is 27.6. The van der Waals surface area contributed by atoms with E-state index >= 15 is 0 Å². The highest BCUT2D eigenvalue weighted by molar-refractivity contribution is 5.79. The molecule has 4 N–H and O–H groups in total. The Bertz CT molecular complexity index is 1370. The normalized spacial score (nSPS) is 24.6. The fourth-order valence-corrected chi connectivity index (χ4v) is 6.93. The van der Waals surface area contributed by atoms with Crippen LogP contribution in [0.1, 0.15) is 64.0 Å². The van der Waals surface area contributed by atoms with Crippen molar-refractivity contribution in [1.29, 1.82) is 0 Å². The minimum Gasteiger partial charge on any atom is -0.461 e. The van der Waals surface area contributed by atoms with Crippen molar-refractivity contribution in [1.82, 2.24) is 10.6 Å². The van der Waals surface area contributed by atoms with Crippen LogP contribution in [0, 0.1) is 5.92 Å². The Morgan fingerprint density at radius 1 is 1.02 bits per heavy atom. The zero-order chi connectivity index (χ0) is 33.8. The smallest absolute Gasteiger partial charge is 0.307 e. The number of carbonyl (C=O) groups excluding carboxylic acids is 2. The Kier molecular flexibility index (Phi) is 11.2. The van der Waals surface area contributed by atoms with Crippen molar-refractivity contribution in [3.63, 3.8) is 0 Å². The summed E-state index contributed by atoms with van der Waals surface area (Å²) in [5.41, 5.74) is 4.00. The Labute approximate surface area is 276 Å². The molecule has 0 radical (unpaired) electrons. The van der Waals surface area contributed by atoms with E-state index in [4.69, 9.17) is 23.7 Å². The molecule has 5 rings (SSSR count). The summed E-state index contributed by atoms with van der Waals surface area (Å²) in [6, 6.07) is 15.4. The summed E-state index contributed by atoms with van der Waals surface area (Å²) in [4.78, 5) is 25.6. The van der Waals surface area contributed by atoms with Crippen molar-refractivity contribution in [3.8, 4) is 11.1 Å². The molecular weight excluding hydrogens is 604 g/mol. The van der Waals surface area contributed by atoms with Gasteiger partial charge in [-0.05, 0) is 56.4 Å². The molecule has 1 aliphatic carbocycles. The summed E-state index contributed by atoms with van der Waals surface area (Å²) in [5, 5.41) is 27.6. The summed E-state index contributed by atoms with van der Waals surface area (Å²) in [5.74, 6) is -1.92. The van der Waals surface area contributed by atoms with Gasteiger partial charge in [0, 0.05) is 30.8 Å². The highest BCUT2D eigenvalue weighted by Gasteiger charge is 2.50. The van der Waals surface area contributed by atoms with Gasteiger partial charge >= 0.3 is 5.97 Å². The van der Waals surface area contributed by atoms with E-state index in [1.165, 1.54) is 6.08 Å². The van der Waals surface area contributed by atoms with Crippen LogP contribution in [0.5, 0.6) is 0 Å². The Morgan fingerprint density at radius 3 is 2.30 bits per heavy atom. The number of rotatable bonds is 15. The van der Waals surface area contributed by atoms with Crippen LogP contribution < -0.4 is 10.6 Å². The molecule has 256 valence electrons. The first kappa shape index (κ1) is 35.2. The van der Waals surface area contributed by atoms with Gasteiger partial charge in [-0.1, -0.05) is 61.2 Å². The number of esters is 1. The number of aliphatic hydroxyl groups excluding tert-OH is 2. The molecule has 2 aromatic rings. The highest BCUT2D eigenvalue weighted by Crippen LogP contribution is 2.45. The molecule has 0 spiro atoms. The first-order valence-corrected chi connectivity index (χ1v) is 16.3. The van der Waals surface area contributed by atoms with Crippen LogP contribution in [0.3, 0.4) is 0 Å². The second kappa shape index (κ2) is 14.9. The molecule has 11 heteroatoms. The number of nitrogens with one attached hydrogen (secondary N) is 2. The summed E-state index contributed by atoms with van der Waals surface area (Å²) < 4.78 is 29.0. The summed E-state index contributed by atoms with van der Waals surface area (Å²) >= 11 is 0. The number of hydrogen-bond donors (Lipinski definition) is 4. The van der Waals surface area contributed by atoms with Crippen LogP contribution in [0.4, 0.5) is 0 Å². The van der Waals surface area contributed by atoms with Crippen molar-refractivity contribution in [2.45, 2.75) is 95.0 Å². The minimum atomic E-state index is -1.46. The third-order valence-corrected chi connectivity index (χ3v) is 8.97. The van der Waals surface area contributed by atoms with Gasteiger partial charge in [0.2, 0.25) is 12.3 Å². The molecule has 1 amide bonds. The van der Waals surface area contributed by atoms with Gasteiger partial charge in [-0.2, -0.15) is 0 Å². The molecule has 2 aliphatic heterocycles. The molecule has 0 bridgehead atoms. The molecule has 2 saturated heterocycles. The van der Waals surface area contributed by atoms with Crippen molar-refractivity contribution in [2.24, 2.45) is 5.92 Å². The van der Waals surface area contributed by atoms with Crippen LogP contribution in [0.25, 0.3) is 11.1 Å². The predicted molar refractivity (Wildman–Crippen MR) is 174 cm³/mol. The number of hydrogen-bond acceptors (Lipinski definition) is 10. The van der Waals surface area contributed by atoms with Crippen LogP contribution in [-0.2, 0) is 33.3 Å². The Morgan fingerprint density at radius 2 is 1.68 bits per heavy atom. The number of ether oxygens (including phenoxy) is 5. The summed E-state index contributed by atoms with van der Waals surface area (Å²) in [7, 11) is 0. The van der Waals surface area contributed by atoms with Crippen molar-refractivity contribution in [3.05, 3.63) is 72.3 Å². The molecule has 2 unspecified atom stereocenters. The maximum Gasteiger partial charge on any atom is 0.307 e.